The summed E-state index contributed by atoms with van der Waals surface area (Å²) in [5.41, 5.74) is 2.69. The number of halogens is 1. The molecule has 100 valence electrons. The molecule has 0 aliphatic carbocycles. The van der Waals surface area contributed by atoms with E-state index in [4.69, 9.17) is 5.11 Å². The molecule has 1 heterocycles. The van der Waals surface area contributed by atoms with Gasteiger partial charge in [0.2, 0.25) is 0 Å². The average Bonchev–Trinajstić information content (AvgIpc) is 2.85. The minimum Gasteiger partial charge on any atom is -0.478 e. The maximum atomic E-state index is 13.4. The summed E-state index contributed by atoms with van der Waals surface area (Å²) in [5.74, 6) is -1.38. The summed E-state index contributed by atoms with van der Waals surface area (Å²) < 4.78 is 15.1. The van der Waals surface area contributed by atoms with Crippen molar-refractivity contribution in [2.24, 2.45) is 0 Å². The van der Waals surface area contributed by atoms with Crippen LogP contribution in [0.3, 0.4) is 0 Å². The summed E-state index contributed by atoms with van der Waals surface area (Å²) in [4.78, 5) is 15.3. The normalized spacial score (nSPS) is 10.9. The Balaban J connectivity index is 2.31. The van der Waals surface area contributed by atoms with E-state index in [1.165, 1.54) is 24.5 Å². The van der Waals surface area contributed by atoms with Gasteiger partial charge < -0.3 is 5.11 Å². The van der Waals surface area contributed by atoms with Crippen LogP contribution >= 0.6 is 0 Å². The minimum absolute atomic E-state index is 0.135. The second kappa shape index (κ2) is 4.45. The van der Waals surface area contributed by atoms with Gasteiger partial charge in [-0.15, -0.1) is 0 Å². The topological polar surface area (TPSA) is 55.1 Å². The number of hydrogen-bond acceptors (Lipinski definition) is 2. The summed E-state index contributed by atoms with van der Waals surface area (Å²) in [6, 6.07) is 9.39. The molecule has 0 aliphatic heterocycles. The van der Waals surface area contributed by atoms with Crippen LogP contribution in [0.5, 0.6) is 0 Å². The number of nitrogens with zero attached hydrogens (tertiary/aromatic N) is 2. The van der Waals surface area contributed by atoms with E-state index >= 15 is 0 Å². The molecule has 0 bridgehead atoms. The lowest BCUT2D eigenvalue weighted by Crippen LogP contribution is -1.99. The van der Waals surface area contributed by atoms with Crippen molar-refractivity contribution in [1.82, 2.24) is 9.55 Å². The minimum atomic E-state index is -1.03. The first-order chi connectivity index (χ1) is 9.58. The summed E-state index contributed by atoms with van der Waals surface area (Å²) in [6.07, 6.45) is 1.51. The van der Waals surface area contributed by atoms with Crippen molar-refractivity contribution < 1.29 is 14.3 Å². The van der Waals surface area contributed by atoms with Crippen molar-refractivity contribution >= 4 is 17.0 Å². The fourth-order valence-corrected chi connectivity index (χ4v) is 2.25. The number of para-hydroxylation sites is 1. The molecule has 0 amide bonds. The van der Waals surface area contributed by atoms with Crippen LogP contribution < -0.4 is 0 Å². The maximum absolute atomic E-state index is 13.4. The van der Waals surface area contributed by atoms with Crippen LogP contribution in [0.15, 0.2) is 42.7 Å². The van der Waals surface area contributed by atoms with E-state index in [0.29, 0.717) is 16.7 Å². The molecule has 3 rings (SSSR count). The number of imidazole rings is 1. The summed E-state index contributed by atoms with van der Waals surface area (Å²) in [7, 11) is 0. The van der Waals surface area contributed by atoms with E-state index in [1.807, 2.05) is 6.92 Å². The van der Waals surface area contributed by atoms with Crippen molar-refractivity contribution in [3.8, 4) is 5.69 Å². The molecule has 0 unspecified atom stereocenters. The fourth-order valence-electron chi connectivity index (χ4n) is 2.25. The molecule has 0 saturated carbocycles. The SMILES string of the molecule is Cc1ccc(F)cc1-n1cnc2c(C(=O)O)cccc21. The molecule has 4 nitrogen and oxygen atoms in total. The van der Waals surface area contributed by atoms with Gasteiger partial charge in [0.05, 0.1) is 16.8 Å². The molecule has 3 aromatic rings. The monoisotopic (exact) mass is 270 g/mol. The number of benzene rings is 2. The Morgan fingerprint density at radius 3 is 2.85 bits per heavy atom. The highest BCUT2D eigenvalue weighted by atomic mass is 19.1. The van der Waals surface area contributed by atoms with E-state index < -0.39 is 5.97 Å². The van der Waals surface area contributed by atoms with Crippen LogP contribution in [0.4, 0.5) is 4.39 Å². The Labute approximate surface area is 114 Å². The second-order valence-electron chi connectivity index (χ2n) is 4.52. The van der Waals surface area contributed by atoms with E-state index in [1.54, 1.807) is 22.8 Å². The molecule has 2 aromatic carbocycles. The van der Waals surface area contributed by atoms with Crippen LogP contribution in [0.25, 0.3) is 16.7 Å². The van der Waals surface area contributed by atoms with Gasteiger partial charge in [-0.25, -0.2) is 14.2 Å². The smallest absolute Gasteiger partial charge is 0.337 e. The fraction of sp³-hybridized carbons (Fsp3) is 0.0667. The number of carboxylic acids is 1. The van der Waals surface area contributed by atoms with Gasteiger partial charge in [0.1, 0.15) is 17.7 Å². The Kier molecular flexibility index (Phi) is 2.75. The highest BCUT2D eigenvalue weighted by Crippen LogP contribution is 2.23. The lowest BCUT2D eigenvalue weighted by molar-refractivity contribution is 0.0699. The van der Waals surface area contributed by atoms with Gasteiger partial charge in [-0.05, 0) is 36.8 Å². The lowest BCUT2D eigenvalue weighted by atomic mass is 10.1. The largest absolute Gasteiger partial charge is 0.478 e. The summed E-state index contributed by atoms with van der Waals surface area (Å²) in [5, 5.41) is 9.15. The number of carboxylic acid groups (broad SMARTS) is 1. The Bertz CT molecular complexity index is 824. The third-order valence-electron chi connectivity index (χ3n) is 3.24. The zero-order valence-corrected chi connectivity index (χ0v) is 10.7. The Hall–Kier alpha value is -2.69. The van der Waals surface area contributed by atoms with Crippen LogP contribution in [0, 0.1) is 12.7 Å². The van der Waals surface area contributed by atoms with Crippen molar-refractivity contribution in [1.29, 1.82) is 0 Å². The molecule has 0 saturated heterocycles. The predicted molar refractivity (Wildman–Crippen MR) is 72.7 cm³/mol. The number of aryl methyl sites for hydroxylation is 1. The molecule has 0 aliphatic rings. The third-order valence-corrected chi connectivity index (χ3v) is 3.24. The number of fused-ring (bicyclic) bond motifs is 1. The third kappa shape index (κ3) is 1.84. The number of hydrogen-bond donors (Lipinski definition) is 1. The van der Waals surface area contributed by atoms with E-state index in [-0.39, 0.29) is 11.4 Å². The molecule has 1 N–H and O–H groups in total. The zero-order chi connectivity index (χ0) is 14.3. The molecule has 5 heteroatoms. The molecule has 1 aromatic heterocycles. The van der Waals surface area contributed by atoms with Crippen LogP contribution in [-0.2, 0) is 0 Å². The van der Waals surface area contributed by atoms with Gasteiger partial charge in [-0.2, -0.15) is 0 Å². The number of carbonyl (C=O) groups is 1. The average molecular weight is 270 g/mol. The maximum Gasteiger partial charge on any atom is 0.337 e. The molecule has 20 heavy (non-hydrogen) atoms. The lowest BCUT2D eigenvalue weighted by Gasteiger charge is -2.08. The van der Waals surface area contributed by atoms with E-state index in [0.717, 1.165) is 5.56 Å². The number of aromatic nitrogens is 2. The summed E-state index contributed by atoms with van der Waals surface area (Å²) in [6.45, 7) is 1.86. The van der Waals surface area contributed by atoms with Gasteiger partial charge in [0, 0.05) is 0 Å². The van der Waals surface area contributed by atoms with Gasteiger partial charge in [-0.1, -0.05) is 12.1 Å². The Morgan fingerprint density at radius 1 is 1.30 bits per heavy atom. The van der Waals surface area contributed by atoms with Crippen LogP contribution in [-0.4, -0.2) is 20.6 Å². The van der Waals surface area contributed by atoms with Crippen LogP contribution in [0.2, 0.25) is 0 Å². The standard InChI is InChI=1S/C15H11FN2O2/c1-9-5-6-10(16)7-13(9)18-8-17-14-11(15(19)20)3-2-4-12(14)18/h2-8H,1H3,(H,19,20). The van der Waals surface area contributed by atoms with Crippen LogP contribution in [0.1, 0.15) is 15.9 Å². The molecular formula is C15H11FN2O2. The van der Waals surface area contributed by atoms with Gasteiger partial charge >= 0.3 is 5.97 Å². The molecule has 0 spiro atoms. The number of rotatable bonds is 2. The van der Waals surface area contributed by atoms with Crippen molar-refractivity contribution in [3.05, 3.63) is 59.7 Å². The van der Waals surface area contributed by atoms with Gasteiger partial charge in [0.15, 0.2) is 0 Å². The van der Waals surface area contributed by atoms with Crippen molar-refractivity contribution in [3.63, 3.8) is 0 Å². The first kappa shape index (κ1) is 12.3. The molecule has 0 radical (unpaired) electrons. The quantitative estimate of drug-likeness (QED) is 0.778. The van der Waals surface area contributed by atoms with Gasteiger partial charge in [-0.3, -0.25) is 4.57 Å². The molecule has 0 atom stereocenters. The highest BCUT2D eigenvalue weighted by Gasteiger charge is 2.14. The van der Waals surface area contributed by atoms with E-state index in [9.17, 15) is 9.18 Å². The van der Waals surface area contributed by atoms with Crippen molar-refractivity contribution in [2.75, 3.05) is 0 Å². The molecule has 0 fully saturated rings. The zero-order valence-electron chi connectivity index (χ0n) is 10.7. The van der Waals surface area contributed by atoms with E-state index in [2.05, 4.69) is 4.98 Å². The first-order valence-corrected chi connectivity index (χ1v) is 6.04. The second-order valence-corrected chi connectivity index (χ2v) is 4.52. The predicted octanol–water partition coefficient (Wildman–Crippen LogP) is 3.17. The summed E-state index contributed by atoms with van der Waals surface area (Å²) >= 11 is 0. The van der Waals surface area contributed by atoms with Gasteiger partial charge in [0.25, 0.3) is 0 Å². The highest BCUT2D eigenvalue weighted by molar-refractivity contribution is 6.01. The first-order valence-electron chi connectivity index (χ1n) is 6.04. The number of aromatic carboxylic acids is 1. The Morgan fingerprint density at radius 2 is 2.10 bits per heavy atom. The molecular weight excluding hydrogens is 259 g/mol. The van der Waals surface area contributed by atoms with Crippen molar-refractivity contribution in [2.45, 2.75) is 6.92 Å².